The second-order valence-electron chi connectivity index (χ2n) is 3.28. The molecule has 0 saturated heterocycles. The summed E-state index contributed by atoms with van der Waals surface area (Å²) in [5.74, 6) is -1.09. The number of carbonyl (C=O) groups is 2. The van der Waals surface area contributed by atoms with Crippen molar-refractivity contribution in [3.8, 4) is 0 Å². The number of urea groups is 1. The normalized spacial score (nSPS) is 11.7. The van der Waals surface area contributed by atoms with E-state index in [1.165, 1.54) is 6.92 Å². The third kappa shape index (κ3) is 4.35. The molecule has 0 heterocycles. The van der Waals surface area contributed by atoms with Crippen molar-refractivity contribution >= 4 is 49.5 Å². The minimum absolute atomic E-state index is 0.559. The van der Waals surface area contributed by atoms with Crippen molar-refractivity contribution in [1.82, 2.24) is 5.32 Å². The van der Waals surface area contributed by atoms with Crippen LogP contribution in [-0.4, -0.2) is 23.1 Å². The van der Waals surface area contributed by atoms with E-state index in [1.54, 1.807) is 18.2 Å². The topological polar surface area (TPSA) is 78.4 Å². The van der Waals surface area contributed by atoms with E-state index in [2.05, 4.69) is 42.5 Å². The first-order valence-electron chi connectivity index (χ1n) is 4.65. The van der Waals surface area contributed by atoms with Crippen molar-refractivity contribution in [3.63, 3.8) is 0 Å². The highest BCUT2D eigenvalue weighted by Crippen LogP contribution is 2.25. The highest BCUT2D eigenvalue weighted by Gasteiger charge is 2.14. The van der Waals surface area contributed by atoms with Gasteiger partial charge in [0.25, 0.3) is 0 Å². The van der Waals surface area contributed by atoms with Crippen molar-refractivity contribution < 1.29 is 14.7 Å². The van der Waals surface area contributed by atoms with Gasteiger partial charge in [0.2, 0.25) is 0 Å². The Balaban J connectivity index is 2.65. The van der Waals surface area contributed by atoms with Crippen LogP contribution >= 0.6 is 31.9 Å². The number of amides is 2. The van der Waals surface area contributed by atoms with Gasteiger partial charge >= 0.3 is 12.0 Å². The first kappa shape index (κ1) is 14.0. The molecule has 0 aromatic heterocycles. The van der Waals surface area contributed by atoms with Crippen LogP contribution in [0.1, 0.15) is 6.92 Å². The zero-order valence-electron chi connectivity index (χ0n) is 8.83. The number of hydrogen-bond acceptors (Lipinski definition) is 2. The molecule has 7 heteroatoms. The Morgan fingerprint density at radius 1 is 1.35 bits per heavy atom. The zero-order valence-corrected chi connectivity index (χ0v) is 12.0. The molecule has 0 radical (unpaired) electrons. The van der Waals surface area contributed by atoms with Gasteiger partial charge in [0.05, 0.1) is 5.69 Å². The van der Waals surface area contributed by atoms with Crippen LogP contribution in [0.2, 0.25) is 0 Å². The van der Waals surface area contributed by atoms with Crippen LogP contribution in [0.15, 0.2) is 27.1 Å². The number of hydrogen-bond donors (Lipinski definition) is 3. The Morgan fingerprint density at radius 2 is 2.00 bits per heavy atom. The van der Waals surface area contributed by atoms with Gasteiger partial charge < -0.3 is 15.7 Å². The Hall–Kier alpha value is -1.08. The van der Waals surface area contributed by atoms with E-state index in [1.807, 2.05) is 0 Å². The van der Waals surface area contributed by atoms with E-state index in [4.69, 9.17) is 5.11 Å². The molecule has 0 fully saturated rings. The van der Waals surface area contributed by atoms with Crippen molar-refractivity contribution in [2.75, 3.05) is 5.32 Å². The second-order valence-corrected chi connectivity index (χ2v) is 5.05. The molecular weight excluding hydrogens is 356 g/mol. The number of nitrogens with one attached hydrogen (secondary N) is 2. The van der Waals surface area contributed by atoms with Crippen LogP contribution < -0.4 is 10.6 Å². The van der Waals surface area contributed by atoms with Gasteiger partial charge in [-0.1, -0.05) is 15.9 Å². The Morgan fingerprint density at radius 3 is 2.53 bits per heavy atom. The van der Waals surface area contributed by atoms with Crippen LogP contribution in [0.25, 0.3) is 0 Å². The molecule has 2 amide bonds. The highest BCUT2D eigenvalue weighted by atomic mass is 79.9. The second kappa shape index (κ2) is 6.02. The molecule has 0 spiro atoms. The molecule has 92 valence electrons. The fraction of sp³-hybridized carbons (Fsp3) is 0.200. The maximum absolute atomic E-state index is 11.4. The average molecular weight is 366 g/mol. The third-order valence-corrected chi connectivity index (χ3v) is 3.05. The van der Waals surface area contributed by atoms with Crippen molar-refractivity contribution in [2.24, 2.45) is 0 Å². The summed E-state index contributed by atoms with van der Waals surface area (Å²) in [5, 5.41) is 13.5. The van der Waals surface area contributed by atoms with Gasteiger partial charge in [-0.05, 0) is 41.1 Å². The molecule has 0 aliphatic carbocycles. The smallest absolute Gasteiger partial charge is 0.325 e. The average Bonchev–Trinajstić information content (AvgIpc) is 2.22. The molecule has 1 rings (SSSR count). The minimum Gasteiger partial charge on any atom is -0.480 e. The zero-order chi connectivity index (χ0) is 13.0. The quantitative estimate of drug-likeness (QED) is 0.770. The molecule has 3 N–H and O–H groups in total. The number of carboxylic acids is 1. The number of carboxylic acid groups (broad SMARTS) is 1. The lowest BCUT2D eigenvalue weighted by Gasteiger charge is -2.11. The minimum atomic E-state index is -1.09. The summed E-state index contributed by atoms with van der Waals surface area (Å²) in [4.78, 5) is 22.0. The van der Waals surface area contributed by atoms with Crippen LogP contribution in [-0.2, 0) is 4.79 Å². The molecule has 1 aromatic carbocycles. The molecule has 0 unspecified atom stereocenters. The number of aliphatic carboxylic acids is 1. The first-order valence-corrected chi connectivity index (χ1v) is 6.24. The third-order valence-electron chi connectivity index (χ3n) is 1.90. The van der Waals surface area contributed by atoms with Gasteiger partial charge in [-0.3, -0.25) is 4.79 Å². The molecule has 0 aliphatic heterocycles. The highest BCUT2D eigenvalue weighted by molar-refractivity contribution is 9.11. The summed E-state index contributed by atoms with van der Waals surface area (Å²) >= 11 is 6.57. The summed E-state index contributed by atoms with van der Waals surface area (Å²) in [6, 6.07) is 3.73. The maximum Gasteiger partial charge on any atom is 0.325 e. The molecular formula is C10H10Br2N2O3. The van der Waals surface area contributed by atoms with Gasteiger partial charge in [-0.15, -0.1) is 0 Å². The Kier molecular flexibility index (Phi) is 4.95. The fourth-order valence-corrected chi connectivity index (χ4v) is 2.15. The largest absolute Gasteiger partial charge is 0.480 e. The van der Waals surface area contributed by atoms with Crippen molar-refractivity contribution in [1.29, 1.82) is 0 Å². The lowest BCUT2D eigenvalue weighted by atomic mass is 10.3. The summed E-state index contributed by atoms with van der Waals surface area (Å²) in [7, 11) is 0. The van der Waals surface area contributed by atoms with Crippen LogP contribution in [0.3, 0.4) is 0 Å². The van der Waals surface area contributed by atoms with Crippen molar-refractivity contribution in [2.45, 2.75) is 13.0 Å². The number of rotatable bonds is 3. The molecule has 0 bridgehead atoms. The maximum atomic E-state index is 11.4. The predicted octanol–water partition coefficient (Wildman–Crippen LogP) is 2.81. The van der Waals surface area contributed by atoms with Gasteiger partial charge in [-0.25, -0.2) is 4.79 Å². The lowest BCUT2D eigenvalue weighted by Crippen LogP contribution is -2.40. The number of halogens is 2. The number of anilines is 1. The molecule has 1 atom stereocenters. The SMILES string of the molecule is C[C@H](NC(=O)Nc1ccc(Br)cc1Br)C(=O)O. The Bertz CT molecular complexity index is 451. The van der Waals surface area contributed by atoms with Gasteiger partial charge in [0.15, 0.2) is 0 Å². The predicted molar refractivity (Wildman–Crippen MR) is 71.1 cm³/mol. The van der Waals surface area contributed by atoms with E-state index in [9.17, 15) is 9.59 Å². The number of benzene rings is 1. The summed E-state index contributed by atoms with van der Waals surface area (Å²) in [6.07, 6.45) is 0. The molecule has 1 aromatic rings. The monoisotopic (exact) mass is 364 g/mol. The van der Waals surface area contributed by atoms with Gasteiger partial charge in [0.1, 0.15) is 6.04 Å². The van der Waals surface area contributed by atoms with Crippen LogP contribution in [0.5, 0.6) is 0 Å². The summed E-state index contributed by atoms with van der Waals surface area (Å²) < 4.78 is 1.57. The van der Waals surface area contributed by atoms with Crippen LogP contribution in [0.4, 0.5) is 10.5 Å². The molecule has 17 heavy (non-hydrogen) atoms. The lowest BCUT2D eigenvalue weighted by molar-refractivity contribution is -0.138. The Labute approximate surface area is 115 Å². The van der Waals surface area contributed by atoms with Gasteiger partial charge in [-0.2, -0.15) is 0 Å². The van der Waals surface area contributed by atoms with Crippen molar-refractivity contribution in [3.05, 3.63) is 27.1 Å². The van der Waals surface area contributed by atoms with E-state index >= 15 is 0 Å². The summed E-state index contributed by atoms with van der Waals surface area (Å²) in [6.45, 7) is 1.39. The van der Waals surface area contributed by atoms with E-state index in [-0.39, 0.29) is 0 Å². The molecule has 0 aliphatic rings. The van der Waals surface area contributed by atoms with Gasteiger partial charge in [0, 0.05) is 8.95 Å². The van der Waals surface area contributed by atoms with E-state index < -0.39 is 18.0 Å². The molecule has 0 saturated carbocycles. The van der Waals surface area contributed by atoms with E-state index in [0.29, 0.717) is 10.2 Å². The molecule has 5 nitrogen and oxygen atoms in total. The fourth-order valence-electron chi connectivity index (χ4n) is 1.01. The van der Waals surface area contributed by atoms with Crippen LogP contribution in [0, 0.1) is 0 Å². The first-order chi connectivity index (χ1) is 7.90. The number of carbonyl (C=O) groups excluding carboxylic acids is 1. The summed E-state index contributed by atoms with van der Waals surface area (Å²) in [5.41, 5.74) is 0.559. The standard InChI is InChI=1S/C10H10Br2N2O3/c1-5(9(15)16)13-10(17)14-8-3-2-6(11)4-7(8)12/h2-5H,1H3,(H,15,16)(H2,13,14,17)/t5-/m0/s1. The van der Waals surface area contributed by atoms with E-state index in [0.717, 1.165) is 4.47 Å².